The summed E-state index contributed by atoms with van der Waals surface area (Å²) in [6, 6.07) is 7.31. The molecule has 0 saturated carbocycles. The summed E-state index contributed by atoms with van der Waals surface area (Å²) in [5.74, 6) is 0.682. The van der Waals surface area contributed by atoms with Gasteiger partial charge in [0.15, 0.2) is 0 Å². The summed E-state index contributed by atoms with van der Waals surface area (Å²) in [6.45, 7) is 5.25. The first-order valence-corrected chi connectivity index (χ1v) is 7.62. The fraction of sp³-hybridized carbons (Fsp3) is 0.625. The van der Waals surface area contributed by atoms with Gasteiger partial charge in [-0.05, 0) is 12.0 Å². The van der Waals surface area contributed by atoms with Gasteiger partial charge >= 0.3 is 6.61 Å². The molecule has 0 amide bonds. The summed E-state index contributed by atoms with van der Waals surface area (Å²) in [6.07, 6.45) is 0.998. The molecule has 2 atom stereocenters. The SMILES string of the molecule is CCC(C)[C@@H](c1ccccc1OC(F)F)N1CCNCC1. The Bertz CT molecular complexity index is 436. The normalized spacial score (nSPS) is 19.5. The predicted octanol–water partition coefficient (Wildman–Crippen LogP) is 3.28. The molecule has 21 heavy (non-hydrogen) atoms. The van der Waals surface area contributed by atoms with Crippen molar-refractivity contribution in [3.8, 4) is 5.75 Å². The first-order valence-electron chi connectivity index (χ1n) is 7.62. The number of nitrogens with zero attached hydrogens (tertiary/aromatic N) is 1. The minimum absolute atomic E-state index is 0.118. The molecule has 1 aromatic rings. The van der Waals surface area contributed by atoms with Crippen LogP contribution in [-0.4, -0.2) is 37.7 Å². The zero-order valence-corrected chi connectivity index (χ0v) is 12.7. The summed E-state index contributed by atoms with van der Waals surface area (Å²) in [4.78, 5) is 2.37. The standard InChI is InChI=1S/C16H24F2N2O/c1-3-12(2)15(20-10-8-19-9-11-20)13-6-4-5-7-14(13)21-16(17)18/h4-7,12,15-16,19H,3,8-11H2,1-2H3/t12?,15-/m0/s1. The second kappa shape index (κ2) is 7.71. The molecule has 0 radical (unpaired) electrons. The minimum atomic E-state index is -2.79. The third kappa shape index (κ3) is 4.14. The molecular weight excluding hydrogens is 274 g/mol. The number of nitrogens with one attached hydrogen (secondary N) is 1. The van der Waals surface area contributed by atoms with E-state index in [0.29, 0.717) is 11.7 Å². The van der Waals surface area contributed by atoms with Gasteiger partial charge in [0, 0.05) is 37.8 Å². The Balaban J connectivity index is 2.31. The molecule has 0 spiro atoms. The van der Waals surface area contributed by atoms with E-state index in [1.165, 1.54) is 0 Å². The Kier molecular flexibility index (Phi) is 5.94. The lowest BCUT2D eigenvalue weighted by molar-refractivity contribution is -0.0516. The number of benzene rings is 1. The summed E-state index contributed by atoms with van der Waals surface area (Å²) in [7, 11) is 0. The second-order valence-corrected chi connectivity index (χ2v) is 5.53. The van der Waals surface area contributed by atoms with Crippen molar-refractivity contribution in [3.05, 3.63) is 29.8 Å². The first-order chi connectivity index (χ1) is 10.1. The molecule has 1 N–H and O–H groups in total. The van der Waals surface area contributed by atoms with Gasteiger partial charge in [-0.1, -0.05) is 38.5 Å². The van der Waals surface area contributed by atoms with E-state index < -0.39 is 6.61 Å². The van der Waals surface area contributed by atoms with Crippen LogP contribution in [0.4, 0.5) is 8.78 Å². The van der Waals surface area contributed by atoms with E-state index in [1.54, 1.807) is 12.1 Å². The van der Waals surface area contributed by atoms with Crippen LogP contribution in [0.1, 0.15) is 31.9 Å². The molecule has 1 aliphatic heterocycles. The van der Waals surface area contributed by atoms with Crippen LogP contribution in [0.3, 0.4) is 0 Å². The average molecular weight is 298 g/mol. The van der Waals surface area contributed by atoms with Gasteiger partial charge < -0.3 is 10.1 Å². The molecule has 1 unspecified atom stereocenters. The summed E-state index contributed by atoms with van der Waals surface area (Å²) in [5, 5.41) is 3.33. The molecule has 0 aliphatic carbocycles. The Labute approximate surface area is 125 Å². The molecule has 1 aromatic carbocycles. The highest BCUT2D eigenvalue weighted by Crippen LogP contribution is 2.36. The molecule has 1 fully saturated rings. The third-order valence-electron chi connectivity index (χ3n) is 4.18. The van der Waals surface area contributed by atoms with E-state index >= 15 is 0 Å². The Morgan fingerprint density at radius 3 is 2.52 bits per heavy atom. The Morgan fingerprint density at radius 2 is 1.90 bits per heavy atom. The van der Waals surface area contributed by atoms with Gasteiger partial charge in [-0.15, -0.1) is 0 Å². The van der Waals surface area contributed by atoms with Crippen LogP contribution in [0.5, 0.6) is 5.75 Å². The molecular formula is C16H24F2N2O. The quantitative estimate of drug-likeness (QED) is 0.872. The van der Waals surface area contributed by atoms with E-state index in [-0.39, 0.29) is 6.04 Å². The van der Waals surface area contributed by atoms with E-state index in [2.05, 4.69) is 24.1 Å². The largest absolute Gasteiger partial charge is 0.434 e. The highest BCUT2D eigenvalue weighted by molar-refractivity contribution is 5.36. The summed E-state index contributed by atoms with van der Waals surface area (Å²) < 4.78 is 30.0. The molecule has 1 saturated heterocycles. The lowest BCUT2D eigenvalue weighted by atomic mass is 9.90. The number of piperazine rings is 1. The highest BCUT2D eigenvalue weighted by atomic mass is 19.3. The number of rotatable bonds is 6. The maximum atomic E-state index is 12.6. The number of para-hydroxylation sites is 1. The molecule has 0 bridgehead atoms. The monoisotopic (exact) mass is 298 g/mol. The van der Waals surface area contributed by atoms with Crippen molar-refractivity contribution in [3.63, 3.8) is 0 Å². The third-order valence-corrected chi connectivity index (χ3v) is 4.18. The number of hydrogen-bond acceptors (Lipinski definition) is 3. The van der Waals surface area contributed by atoms with Gasteiger partial charge in [-0.25, -0.2) is 0 Å². The highest BCUT2D eigenvalue weighted by Gasteiger charge is 2.29. The van der Waals surface area contributed by atoms with Crippen LogP contribution >= 0.6 is 0 Å². The average Bonchev–Trinajstić information content (AvgIpc) is 2.49. The van der Waals surface area contributed by atoms with Crippen molar-refractivity contribution < 1.29 is 13.5 Å². The van der Waals surface area contributed by atoms with E-state index in [4.69, 9.17) is 4.74 Å². The predicted molar refractivity (Wildman–Crippen MR) is 79.7 cm³/mol. The Morgan fingerprint density at radius 1 is 1.24 bits per heavy atom. The molecule has 3 nitrogen and oxygen atoms in total. The Hall–Kier alpha value is -1.20. The second-order valence-electron chi connectivity index (χ2n) is 5.53. The number of halogens is 2. The fourth-order valence-electron chi connectivity index (χ4n) is 2.97. The van der Waals surface area contributed by atoms with Crippen molar-refractivity contribution in [1.82, 2.24) is 10.2 Å². The topological polar surface area (TPSA) is 24.5 Å². The first kappa shape index (κ1) is 16.2. The number of hydrogen-bond donors (Lipinski definition) is 1. The molecule has 5 heteroatoms. The zero-order valence-electron chi connectivity index (χ0n) is 12.7. The summed E-state index contributed by atoms with van der Waals surface area (Å²) in [5.41, 5.74) is 0.869. The van der Waals surface area contributed by atoms with Crippen LogP contribution in [0.25, 0.3) is 0 Å². The maximum Gasteiger partial charge on any atom is 0.387 e. The van der Waals surface area contributed by atoms with Crippen molar-refractivity contribution in [1.29, 1.82) is 0 Å². The van der Waals surface area contributed by atoms with Crippen molar-refractivity contribution in [2.24, 2.45) is 5.92 Å². The smallest absolute Gasteiger partial charge is 0.387 e. The van der Waals surface area contributed by atoms with Gasteiger partial charge in [0.25, 0.3) is 0 Å². The van der Waals surface area contributed by atoms with Crippen LogP contribution < -0.4 is 10.1 Å². The minimum Gasteiger partial charge on any atom is -0.434 e. The van der Waals surface area contributed by atoms with Crippen LogP contribution in [-0.2, 0) is 0 Å². The van der Waals surface area contributed by atoms with E-state index in [0.717, 1.165) is 38.2 Å². The molecule has 2 rings (SSSR count). The van der Waals surface area contributed by atoms with Gasteiger partial charge in [0.1, 0.15) is 5.75 Å². The molecule has 1 heterocycles. The van der Waals surface area contributed by atoms with E-state index in [9.17, 15) is 8.78 Å². The lowest BCUT2D eigenvalue weighted by Crippen LogP contribution is -2.46. The van der Waals surface area contributed by atoms with E-state index in [1.807, 2.05) is 12.1 Å². The number of alkyl halides is 2. The van der Waals surface area contributed by atoms with Gasteiger partial charge in [-0.2, -0.15) is 8.78 Å². The lowest BCUT2D eigenvalue weighted by Gasteiger charge is -2.39. The van der Waals surface area contributed by atoms with Gasteiger partial charge in [0.05, 0.1) is 0 Å². The van der Waals surface area contributed by atoms with Crippen molar-refractivity contribution in [2.75, 3.05) is 26.2 Å². The van der Waals surface area contributed by atoms with Crippen molar-refractivity contribution >= 4 is 0 Å². The van der Waals surface area contributed by atoms with Gasteiger partial charge in [-0.3, -0.25) is 4.90 Å². The van der Waals surface area contributed by atoms with Gasteiger partial charge in [0.2, 0.25) is 0 Å². The summed E-state index contributed by atoms with van der Waals surface area (Å²) >= 11 is 0. The molecule has 118 valence electrons. The van der Waals surface area contributed by atoms with Crippen LogP contribution in [0.2, 0.25) is 0 Å². The number of ether oxygens (including phenoxy) is 1. The zero-order chi connectivity index (χ0) is 15.2. The fourth-order valence-corrected chi connectivity index (χ4v) is 2.97. The molecule has 1 aliphatic rings. The van der Waals surface area contributed by atoms with Crippen LogP contribution in [0, 0.1) is 5.92 Å². The van der Waals surface area contributed by atoms with Crippen molar-refractivity contribution in [2.45, 2.75) is 32.9 Å². The van der Waals surface area contributed by atoms with Crippen LogP contribution in [0.15, 0.2) is 24.3 Å². The molecule has 0 aromatic heterocycles. The maximum absolute atomic E-state index is 12.6.